The predicted molar refractivity (Wildman–Crippen MR) is 57.8 cm³/mol. The molecule has 2 nitrogen and oxygen atoms in total. The van der Waals surface area contributed by atoms with Gasteiger partial charge < -0.3 is 4.74 Å². The lowest BCUT2D eigenvalue weighted by Crippen LogP contribution is -2.17. The van der Waals surface area contributed by atoms with Crippen molar-refractivity contribution in [3.8, 4) is 0 Å². The van der Waals surface area contributed by atoms with E-state index in [1.165, 1.54) is 5.56 Å². The van der Waals surface area contributed by atoms with E-state index in [-0.39, 0.29) is 0 Å². The smallest absolute Gasteiger partial charge is 0.191 e. The fraction of sp³-hybridized carbons (Fsp3) is 0.417. The Balaban J connectivity index is 2.31. The van der Waals surface area contributed by atoms with Crippen molar-refractivity contribution >= 4 is 11.6 Å². The van der Waals surface area contributed by atoms with E-state index < -0.39 is 0 Å². The molecule has 0 aromatic heterocycles. The highest BCUT2D eigenvalue weighted by Gasteiger charge is 2.16. The van der Waals surface area contributed by atoms with Gasteiger partial charge in [-0.3, -0.25) is 0 Å². The van der Waals surface area contributed by atoms with Crippen LogP contribution in [0.15, 0.2) is 29.3 Å². The highest BCUT2D eigenvalue weighted by molar-refractivity contribution is 5.83. The first-order valence-electron chi connectivity index (χ1n) is 5.10. The normalized spacial score (nSPS) is 16.6. The van der Waals surface area contributed by atoms with Gasteiger partial charge in [-0.05, 0) is 12.5 Å². The summed E-state index contributed by atoms with van der Waals surface area (Å²) in [5, 5.41) is 0. The van der Waals surface area contributed by atoms with Gasteiger partial charge in [-0.1, -0.05) is 32.0 Å². The number of hydrogen-bond donors (Lipinski definition) is 0. The van der Waals surface area contributed by atoms with Crippen molar-refractivity contribution in [2.45, 2.75) is 26.9 Å². The summed E-state index contributed by atoms with van der Waals surface area (Å²) >= 11 is 0. The quantitative estimate of drug-likeness (QED) is 0.699. The number of para-hydroxylation sites is 1. The lowest BCUT2D eigenvalue weighted by atomic mass is 10.1. The van der Waals surface area contributed by atoms with E-state index in [1.54, 1.807) is 0 Å². The third-order valence-corrected chi connectivity index (χ3v) is 2.63. The minimum Gasteiger partial charge on any atom is -0.476 e. The van der Waals surface area contributed by atoms with Gasteiger partial charge in [0.1, 0.15) is 6.61 Å². The van der Waals surface area contributed by atoms with Gasteiger partial charge in [-0.15, -0.1) is 0 Å². The lowest BCUT2D eigenvalue weighted by molar-refractivity contribution is 0.264. The van der Waals surface area contributed by atoms with Gasteiger partial charge in [0.2, 0.25) is 0 Å². The highest BCUT2D eigenvalue weighted by Crippen LogP contribution is 2.26. The number of nitrogens with zero attached hydrogens (tertiary/aromatic N) is 1. The highest BCUT2D eigenvalue weighted by atomic mass is 16.5. The fourth-order valence-electron chi connectivity index (χ4n) is 1.47. The number of ether oxygens (including phenoxy) is 1. The molecule has 1 aliphatic heterocycles. The molecule has 0 saturated heterocycles. The summed E-state index contributed by atoms with van der Waals surface area (Å²) in [7, 11) is 0. The van der Waals surface area contributed by atoms with Gasteiger partial charge in [0.15, 0.2) is 5.90 Å². The molecule has 14 heavy (non-hydrogen) atoms. The SMILES string of the molecule is CCC(C)C1=Nc2ccccc2CO1. The van der Waals surface area contributed by atoms with Crippen LogP contribution in [0, 0.1) is 5.92 Å². The molecule has 1 heterocycles. The first-order chi connectivity index (χ1) is 6.81. The van der Waals surface area contributed by atoms with Crippen molar-refractivity contribution in [2.75, 3.05) is 0 Å². The molecular formula is C12H15NO. The summed E-state index contributed by atoms with van der Waals surface area (Å²) in [5.41, 5.74) is 2.24. The summed E-state index contributed by atoms with van der Waals surface area (Å²) in [5.74, 6) is 1.30. The Morgan fingerprint density at radius 3 is 3.00 bits per heavy atom. The van der Waals surface area contributed by atoms with Crippen molar-refractivity contribution in [2.24, 2.45) is 10.9 Å². The van der Waals surface area contributed by atoms with E-state index in [0.717, 1.165) is 18.0 Å². The van der Waals surface area contributed by atoms with Crippen molar-refractivity contribution in [1.29, 1.82) is 0 Å². The maximum absolute atomic E-state index is 5.61. The van der Waals surface area contributed by atoms with Gasteiger partial charge >= 0.3 is 0 Å². The first-order valence-corrected chi connectivity index (χ1v) is 5.10. The number of aliphatic imine (C=N–C) groups is 1. The molecule has 0 spiro atoms. The second kappa shape index (κ2) is 3.82. The summed E-state index contributed by atoms with van der Waals surface area (Å²) in [6.07, 6.45) is 1.07. The molecule has 0 N–H and O–H groups in total. The van der Waals surface area contributed by atoms with E-state index >= 15 is 0 Å². The van der Waals surface area contributed by atoms with Crippen LogP contribution in [0.1, 0.15) is 25.8 Å². The zero-order chi connectivity index (χ0) is 9.97. The molecule has 0 fully saturated rings. The van der Waals surface area contributed by atoms with E-state index in [4.69, 9.17) is 4.74 Å². The van der Waals surface area contributed by atoms with Crippen LogP contribution in [-0.2, 0) is 11.3 Å². The molecule has 0 aliphatic carbocycles. The van der Waals surface area contributed by atoms with Gasteiger partial charge in [0, 0.05) is 11.5 Å². The molecule has 0 radical (unpaired) electrons. The van der Waals surface area contributed by atoms with Crippen LogP contribution in [-0.4, -0.2) is 5.90 Å². The van der Waals surface area contributed by atoms with Crippen LogP contribution in [0.4, 0.5) is 5.69 Å². The number of benzene rings is 1. The third-order valence-electron chi connectivity index (χ3n) is 2.63. The zero-order valence-electron chi connectivity index (χ0n) is 8.66. The first kappa shape index (κ1) is 9.25. The van der Waals surface area contributed by atoms with Crippen molar-refractivity contribution in [3.05, 3.63) is 29.8 Å². The lowest BCUT2D eigenvalue weighted by Gasteiger charge is -2.20. The van der Waals surface area contributed by atoms with Crippen LogP contribution in [0.2, 0.25) is 0 Å². The largest absolute Gasteiger partial charge is 0.476 e. The number of hydrogen-bond acceptors (Lipinski definition) is 2. The maximum atomic E-state index is 5.61. The number of fused-ring (bicyclic) bond motifs is 1. The summed E-state index contributed by atoms with van der Waals surface area (Å²) in [4.78, 5) is 4.51. The Bertz CT molecular complexity index is 357. The molecule has 1 unspecified atom stereocenters. The van der Waals surface area contributed by atoms with Gasteiger partial charge in [-0.2, -0.15) is 0 Å². The van der Waals surface area contributed by atoms with Crippen LogP contribution in [0.3, 0.4) is 0 Å². The van der Waals surface area contributed by atoms with E-state index in [9.17, 15) is 0 Å². The average Bonchev–Trinajstić information content (AvgIpc) is 2.27. The molecule has 1 aromatic rings. The van der Waals surface area contributed by atoms with E-state index in [2.05, 4.69) is 24.9 Å². The molecule has 1 aromatic carbocycles. The molecule has 0 amide bonds. The third kappa shape index (κ3) is 1.65. The van der Waals surface area contributed by atoms with Gasteiger partial charge in [0.25, 0.3) is 0 Å². The standard InChI is InChI=1S/C12H15NO/c1-3-9(2)12-13-11-7-5-4-6-10(11)8-14-12/h4-7,9H,3,8H2,1-2H3. The molecular weight excluding hydrogens is 174 g/mol. The van der Waals surface area contributed by atoms with Crippen molar-refractivity contribution in [1.82, 2.24) is 0 Å². The van der Waals surface area contributed by atoms with Crippen molar-refractivity contribution < 1.29 is 4.74 Å². The van der Waals surface area contributed by atoms with Crippen LogP contribution >= 0.6 is 0 Å². The predicted octanol–water partition coefficient (Wildman–Crippen LogP) is 3.29. The molecule has 1 aliphatic rings. The average molecular weight is 189 g/mol. The molecule has 2 rings (SSSR count). The van der Waals surface area contributed by atoms with Crippen LogP contribution in [0.25, 0.3) is 0 Å². The second-order valence-corrected chi connectivity index (χ2v) is 3.68. The molecule has 1 atom stereocenters. The summed E-state index contributed by atoms with van der Waals surface area (Å²) in [6, 6.07) is 8.14. The van der Waals surface area contributed by atoms with E-state index in [1.807, 2.05) is 18.2 Å². The molecule has 74 valence electrons. The number of rotatable bonds is 2. The Kier molecular flexibility index (Phi) is 2.53. The fourth-order valence-corrected chi connectivity index (χ4v) is 1.47. The molecule has 0 bridgehead atoms. The Morgan fingerprint density at radius 1 is 1.43 bits per heavy atom. The topological polar surface area (TPSA) is 21.6 Å². The molecule has 2 heteroatoms. The minimum atomic E-state index is 0.420. The van der Waals surface area contributed by atoms with E-state index in [0.29, 0.717) is 12.5 Å². The Labute approximate surface area is 84.6 Å². The monoisotopic (exact) mass is 189 g/mol. The zero-order valence-corrected chi connectivity index (χ0v) is 8.66. The summed E-state index contributed by atoms with van der Waals surface area (Å²) in [6.45, 7) is 4.96. The minimum absolute atomic E-state index is 0.420. The van der Waals surface area contributed by atoms with Gasteiger partial charge in [0.05, 0.1) is 5.69 Å². The van der Waals surface area contributed by atoms with Gasteiger partial charge in [-0.25, -0.2) is 4.99 Å². The summed E-state index contributed by atoms with van der Waals surface area (Å²) < 4.78 is 5.61. The van der Waals surface area contributed by atoms with Crippen LogP contribution in [0.5, 0.6) is 0 Å². The Hall–Kier alpha value is -1.31. The maximum Gasteiger partial charge on any atom is 0.191 e. The molecule has 0 saturated carbocycles. The van der Waals surface area contributed by atoms with Crippen molar-refractivity contribution in [3.63, 3.8) is 0 Å². The second-order valence-electron chi connectivity index (χ2n) is 3.68. The Morgan fingerprint density at radius 2 is 2.21 bits per heavy atom. The van der Waals surface area contributed by atoms with Crippen LogP contribution < -0.4 is 0 Å².